The Morgan fingerprint density at radius 3 is 2.18 bits per heavy atom. The van der Waals surface area contributed by atoms with Crippen LogP contribution in [-0.2, 0) is 13.0 Å². The lowest BCUT2D eigenvalue weighted by Gasteiger charge is -2.18. The molecule has 3 heteroatoms. The van der Waals surface area contributed by atoms with E-state index in [1.165, 1.54) is 38.9 Å². The van der Waals surface area contributed by atoms with Crippen molar-refractivity contribution in [3.05, 3.63) is 98.8 Å². The number of aryl methyl sites for hydroxylation is 2. The molecule has 0 bridgehead atoms. The number of fused-ring (bicyclic) bond motifs is 1. The SMILES string of the molecule is Cc1cc(C)c(C)c(Cn2c(Cc3ccc(Cl)cc3)nc3ccccc32)c1C. The van der Waals surface area contributed by atoms with Crippen molar-refractivity contribution in [2.45, 2.75) is 40.7 Å². The molecule has 0 radical (unpaired) electrons. The summed E-state index contributed by atoms with van der Waals surface area (Å²) in [7, 11) is 0. The van der Waals surface area contributed by atoms with E-state index < -0.39 is 0 Å². The molecule has 0 aliphatic rings. The van der Waals surface area contributed by atoms with Gasteiger partial charge < -0.3 is 4.57 Å². The summed E-state index contributed by atoms with van der Waals surface area (Å²) in [6, 6.07) is 18.8. The van der Waals surface area contributed by atoms with Crippen molar-refractivity contribution >= 4 is 22.6 Å². The highest BCUT2D eigenvalue weighted by Gasteiger charge is 2.15. The fourth-order valence-corrected chi connectivity index (χ4v) is 4.04. The zero-order valence-electron chi connectivity index (χ0n) is 16.9. The second-order valence-electron chi connectivity index (χ2n) is 7.65. The molecule has 0 amide bonds. The number of rotatable bonds is 4. The summed E-state index contributed by atoms with van der Waals surface area (Å²) in [4.78, 5) is 4.96. The van der Waals surface area contributed by atoms with Gasteiger partial charge in [0.05, 0.1) is 11.0 Å². The topological polar surface area (TPSA) is 17.8 Å². The fraction of sp³-hybridized carbons (Fsp3) is 0.240. The van der Waals surface area contributed by atoms with Gasteiger partial charge in [0.25, 0.3) is 0 Å². The molecule has 28 heavy (non-hydrogen) atoms. The van der Waals surface area contributed by atoms with Gasteiger partial charge in [0, 0.05) is 18.0 Å². The van der Waals surface area contributed by atoms with Crippen LogP contribution in [0.25, 0.3) is 11.0 Å². The zero-order valence-corrected chi connectivity index (χ0v) is 17.6. The molecule has 142 valence electrons. The van der Waals surface area contributed by atoms with Gasteiger partial charge in [-0.1, -0.05) is 41.9 Å². The van der Waals surface area contributed by atoms with Crippen LogP contribution in [0, 0.1) is 27.7 Å². The average Bonchev–Trinajstić information content (AvgIpc) is 3.02. The van der Waals surface area contributed by atoms with Gasteiger partial charge in [-0.05, 0) is 85.3 Å². The first kappa shape index (κ1) is 18.8. The third-order valence-electron chi connectivity index (χ3n) is 5.85. The summed E-state index contributed by atoms with van der Waals surface area (Å²) in [5.74, 6) is 1.08. The number of hydrogen-bond acceptors (Lipinski definition) is 1. The summed E-state index contributed by atoms with van der Waals surface area (Å²) in [6.07, 6.45) is 0.786. The Labute approximate surface area is 171 Å². The Morgan fingerprint density at radius 1 is 0.857 bits per heavy atom. The minimum Gasteiger partial charge on any atom is -0.323 e. The van der Waals surface area contributed by atoms with Crippen LogP contribution < -0.4 is 0 Å². The molecule has 4 aromatic rings. The first-order valence-electron chi connectivity index (χ1n) is 9.69. The normalized spacial score (nSPS) is 11.3. The predicted molar refractivity (Wildman–Crippen MR) is 118 cm³/mol. The average molecular weight is 389 g/mol. The molecule has 0 aliphatic carbocycles. The van der Waals surface area contributed by atoms with Gasteiger partial charge in [0.15, 0.2) is 0 Å². The van der Waals surface area contributed by atoms with Crippen molar-refractivity contribution < 1.29 is 0 Å². The quantitative estimate of drug-likeness (QED) is 0.387. The molecule has 2 nitrogen and oxygen atoms in total. The molecule has 4 rings (SSSR count). The van der Waals surface area contributed by atoms with Crippen molar-refractivity contribution in [3.63, 3.8) is 0 Å². The number of para-hydroxylation sites is 2. The highest BCUT2D eigenvalue weighted by Crippen LogP contribution is 2.26. The second-order valence-corrected chi connectivity index (χ2v) is 8.08. The smallest absolute Gasteiger partial charge is 0.114 e. The molecule has 1 aromatic heterocycles. The third kappa shape index (κ3) is 3.45. The molecule has 3 aromatic carbocycles. The molecule has 0 fully saturated rings. The molecule has 0 spiro atoms. The summed E-state index contributed by atoms with van der Waals surface area (Å²) >= 11 is 6.06. The molecular formula is C25H25ClN2. The molecule has 0 N–H and O–H groups in total. The molecule has 0 unspecified atom stereocenters. The summed E-state index contributed by atoms with van der Waals surface area (Å²) in [5, 5.41) is 0.763. The lowest BCUT2D eigenvalue weighted by molar-refractivity contribution is 0.753. The largest absolute Gasteiger partial charge is 0.323 e. The van der Waals surface area contributed by atoms with Gasteiger partial charge in [-0.3, -0.25) is 0 Å². The van der Waals surface area contributed by atoms with E-state index in [2.05, 4.69) is 74.7 Å². The van der Waals surface area contributed by atoms with Gasteiger partial charge in [-0.15, -0.1) is 0 Å². The Hall–Kier alpha value is -2.58. The number of benzene rings is 3. The van der Waals surface area contributed by atoms with Gasteiger partial charge in [0.2, 0.25) is 0 Å². The maximum atomic E-state index is 6.06. The van der Waals surface area contributed by atoms with Crippen LogP contribution in [0.5, 0.6) is 0 Å². The first-order chi connectivity index (χ1) is 13.4. The van der Waals surface area contributed by atoms with E-state index in [9.17, 15) is 0 Å². The predicted octanol–water partition coefficient (Wildman–Crippen LogP) is 6.56. The van der Waals surface area contributed by atoms with E-state index in [1.807, 2.05) is 12.1 Å². The van der Waals surface area contributed by atoms with Crippen molar-refractivity contribution in [2.24, 2.45) is 0 Å². The Kier molecular flexibility index (Phi) is 4.99. The zero-order chi connectivity index (χ0) is 19.8. The maximum Gasteiger partial charge on any atom is 0.114 e. The van der Waals surface area contributed by atoms with Gasteiger partial charge in [0.1, 0.15) is 5.82 Å². The van der Waals surface area contributed by atoms with Crippen molar-refractivity contribution in [2.75, 3.05) is 0 Å². The molecule has 1 heterocycles. The van der Waals surface area contributed by atoms with E-state index >= 15 is 0 Å². The van der Waals surface area contributed by atoms with Crippen LogP contribution in [0.15, 0.2) is 54.6 Å². The minimum atomic E-state index is 0.763. The van der Waals surface area contributed by atoms with E-state index in [4.69, 9.17) is 16.6 Å². The first-order valence-corrected chi connectivity index (χ1v) is 10.1. The second kappa shape index (κ2) is 7.44. The van der Waals surface area contributed by atoms with Gasteiger partial charge in [-0.25, -0.2) is 4.98 Å². The number of halogens is 1. The van der Waals surface area contributed by atoms with Crippen LogP contribution in [0.1, 0.15) is 39.2 Å². The van der Waals surface area contributed by atoms with Crippen LogP contribution in [0.2, 0.25) is 5.02 Å². The van der Waals surface area contributed by atoms with Crippen molar-refractivity contribution in [1.82, 2.24) is 9.55 Å². The number of hydrogen-bond donors (Lipinski definition) is 0. The minimum absolute atomic E-state index is 0.763. The summed E-state index contributed by atoms with van der Waals surface area (Å²) < 4.78 is 2.37. The molecule has 0 atom stereocenters. The maximum absolute atomic E-state index is 6.06. The van der Waals surface area contributed by atoms with Crippen molar-refractivity contribution in [3.8, 4) is 0 Å². The van der Waals surface area contributed by atoms with E-state index in [0.29, 0.717) is 0 Å². The summed E-state index contributed by atoms with van der Waals surface area (Å²) in [6.45, 7) is 9.70. The fourth-order valence-electron chi connectivity index (χ4n) is 3.92. The summed E-state index contributed by atoms with van der Waals surface area (Å²) in [5.41, 5.74) is 10.3. The number of imidazole rings is 1. The van der Waals surface area contributed by atoms with Crippen LogP contribution >= 0.6 is 11.6 Å². The van der Waals surface area contributed by atoms with E-state index in [-0.39, 0.29) is 0 Å². The van der Waals surface area contributed by atoms with Gasteiger partial charge >= 0.3 is 0 Å². The highest BCUT2D eigenvalue weighted by atomic mass is 35.5. The highest BCUT2D eigenvalue weighted by molar-refractivity contribution is 6.30. The van der Waals surface area contributed by atoms with Crippen LogP contribution in [-0.4, -0.2) is 9.55 Å². The Morgan fingerprint density at radius 2 is 1.50 bits per heavy atom. The standard InChI is InChI=1S/C25H25ClN2/c1-16-13-17(2)19(4)22(18(16)3)15-28-24-8-6-5-7-23(24)27-25(28)14-20-9-11-21(26)12-10-20/h5-13H,14-15H2,1-4H3. The van der Waals surface area contributed by atoms with Crippen LogP contribution in [0.4, 0.5) is 0 Å². The van der Waals surface area contributed by atoms with E-state index in [0.717, 1.165) is 29.3 Å². The lowest BCUT2D eigenvalue weighted by atomic mass is 9.94. The molecular weight excluding hydrogens is 364 g/mol. The Balaban J connectivity index is 1.83. The number of nitrogens with zero attached hydrogens (tertiary/aromatic N) is 2. The molecule has 0 aliphatic heterocycles. The molecule has 0 saturated carbocycles. The third-order valence-corrected chi connectivity index (χ3v) is 6.10. The lowest BCUT2D eigenvalue weighted by Crippen LogP contribution is -2.10. The van der Waals surface area contributed by atoms with Crippen LogP contribution in [0.3, 0.4) is 0 Å². The van der Waals surface area contributed by atoms with Gasteiger partial charge in [-0.2, -0.15) is 0 Å². The van der Waals surface area contributed by atoms with Crippen molar-refractivity contribution in [1.29, 1.82) is 0 Å². The number of aromatic nitrogens is 2. The molecule has 0 saturated heterocycles. The monoisotopic (exact) mass is 388 g/mol. The van der Waals surface area contributed by atoms with E-state index in [1.54, 1.807) is 0 Å². The Bertz CT molecular complexity index is 1130.